The van der Waals surface area contributed by atoms with Crippen molar-refractivity contribution < 1.29 is 36.0 Å². The van der Waals surface area contributed by atoms with E-state index in [1.54, 1.807) is 12.1 Å². The van der Waals surface area contributed by atoms with Crippen LogP contribution in [0.15, 0.2) is 41.6 Å². The first-order valence-electron chi connectivity index (χ1n) is 10.0. The molecule has 1 amide bonds. The summed E-state index contributed by atoms with van der Waals surface area (Å²) in [5, 5.41) is 6.10. The summed E-state index contributed by atoms with van der Waals surface area (Å²) in [4.78, 5) is 16.6. The van der Waals surface area contributed by atoms with E-state index in [1.807, 2.05) is 0 Å². The number of halogens is 8. The number of nitrogens with zero attached hydrogens (tertiary/aromatic N) is 1. The summed E-state index contributed by atoms with van der Waals surface area (Å²) in [6.07, 6.45) is -10.9. The molecule has 0 bridgehead atoms. The van der Waals surface area contributed by atoms with Crippen LogP contribution in [-0.2, 0) is 21.7 Å². The molecule has 0 spiro atoms. The van der Waals surface area contributed by atoms with Crippen molar-refractivity contribution in [1.82, 2.24) is 5.32 Å². The van der Waals surface area contributed by atoms with Crippen LogP contribution >= 0.6 is 23.2 Å². The highest BCUT2D eigenvalue weighted by Gasteiger charge is 2.62. The Kier molecular flexibility index (Phi) is 6.27. The highest BCUT2D eigenvalue weighted by molar-refractivity contribution is 6.34. The van der Waals surface area contributed by atoms with Crippen LogP contribution in [-0.4, -0.2) is 24.0 Å². The van der Waals surface area contributed by atoms with Crippen molar-refractivity contribution in [3.05, 3.63) is 68.7 Å². The summed E-state index contributed by atoms with van der Waals surface area (Å²) in [5.41, 5.74) is -1.33. The van der Waals surface area contributed by atoms with Gasteiger partial charge in [-0.1, -0.05) is 40.5 Å². The summed E-state index contributed by atoms with van der Waals surface area (Å²) < 4.78 is 79.8. The molecular formula is C22H16Cl2F6N2O2. The van der Waals surface area contributed by atoms with Gasteiger partial charge in [-0.3, -0.25) is 4.79 Å². The van der Waals surface area contributed by atoms with E-state index < -0.39 is 42.7 Å². The zero-order valence-corrected chi connectivity index (χ0v) is 18.7. The number of carbonyl (C=O) groups is 1. The molecule has 4 nitrogen and oxygen atoms in total. The number of amides is 1. The quantitative estimate of drug-likeness (QED) is 0.456. The Morgan fingerprint density at radius 1 is 1.09 bits per heavy atom. The fraction of sp³-hybridized carbons (Fsp3) is 0.364. The molecule has 2 atom stereocenters. The van der Waals surface area contributed by atoms with Crippen LogP contribution in [0.1, 0.15) is 47.6 Å². The van der Waals surface area contributed by atoms with E-state index in [9.17, 15) is 31.1 Å². The number of aryl methyl sites for hydroxylation is 1. The van der Waals surface area contributed by atoms with Gasteiger partial charge in [0, 0.05) is 22.0 Å². The first-order chi connectivity index (χ1) is 15.8. The van der Waals surface area contributed by atoms with Crippen LogP contribution in [0.3, 0.4) is 0 Å². The van der Waals surface area contributed by atoms with Gasteiger partial charge in [-0.25, -0.2) is 0 Å². The Balaban J connectivity index is 1.57. The number of oxime groups is 1. The van der Waals surface area contributed by atoms with Crippen molar-refractivity contribution >= 4 is 34.8 Å². The second-order valence-corrected chi connectivity index (χ2v) is 9.03. The van der Waals surface area contributed by atoms with Crippen LogP contribution in [0.5, 0.6) is 0 Å². The second kappa shape index (κ2) is 8.64. The Hall–Kier alpha value is -2.46. The molecule has 1 aliphatic carbocycles. The molecule has 0 saturated heterocycles. The predicted octanol–water partition coefficient (Wildman–Crippen LogP) is 6.63. The van der Waals surface area contributed by atoms with Crippen LogP contribution < -0.4 is 5.32 Å². The molecule has 0 aromatic heterocycles. The average molecular weight is 525 g/mol. The molecule has 0 saturated carbocycles. The van der Waals surface area contributed by atoms with Crippen LogP contribution in [0.25, 0.3) is 0 Å². The Morgan fingerprint density at radius 2 is 1.76 bits per heavy atom. The third kappa shape index (κ3) is 4.84. The van der Waals surface area contributed by atoms with Crippen molar-refractivity contribution in [2.75, 3.05) is 0 Å². The number of rotatable bonds is 4. The van der Waals surface area contributed by atoms with Crippen molar-refractivity contribution in [3.8, 4) is 0 Å². The average Bonchev–Trinajstić information content (AvgIpc) is 3.31. The van der Waals surface area contributed by atoms with Gasteiger partial charge in [-0.15, -0.1) is 0 Å². The smallest absolute Gasteiger partial charge is 0.374 e. The van der Waals surface area contributed by atoms with Crippen LogP contribution in [0.2, 0.25) is 10.0 Å². The van der Waals surface area contributed by atoms with Gasteiger partial charge in [0.1, 0.15) is 6.42 Å². The standard InChI is InChI=1S/C22H16Cl2F6N2O2/c23-14-6-13(7-15(24)8-14)20(22(28,29)30)9-18(32-34-20)12-1-3-16-11(5-12)2-4-17(16)31-19(33)10-21(25,26)27/h1,3,5-8,17H,2,4,9-10H2,(H,31,33). The van der Waals surface area contributed by atoms with E-state index in [0.717, 1.165) is 12.1 Å². The summed E-state index contributed by atoms with van der Waals surface area (Å²) in [6.45, 7) is 0. The predicted molar refractivity (Wildman–Crippen MR) is 113 cm³/mol. The Labute approximate surface area is 199 Å². The number of nitrogens with one attached hydrogen (secondary N) is 1. The molecule has 2 aromatic rings. The third-order valence-corrected chi connectivity index (χ3v) is 6.20. The summed E-state index contributed by atoms with van der Waals surface area (Å²) in [7, 11) is 0. The first kappa shape index (κ1) is 24.7. The largest absolute Gasteiger partial charge is 0.435 e. The van der Waals surface area contributed by atoms with E-state index >= 15 is 0 Å². The van der Waals surface area contributed by atoms with E-state index in [1.165, 1.54) is 12.1 Å². The summed E-state index contributed by atoms with van der Waals surface area (Å²) in [6, 6.07) is 7.63. The molecular weight excluding hydrogens is 509 g/mol. The van der Waals surface area contributed by atoms with Gasteiger partial charge in [-0.2, -0.15) is 26.3 Å². The van der Waals surface area contributed by atoms with E-state index in [0.29, 0.717) is 29.5 Å². The number of carbonyl (C=O) groups excluding carboxylic acids is 1. The van der Waals surface area contributed by atoms with Crippen LogP contribution in [0, 0.1) is 0 Å². The number of fused-ring (bicyclic) bond motifs is 1. The normalized spacial score (nSPS) is 22.2. The molecule has 2 aromatic carbocycles. The molecule has 4 rings (SSSR count). The number of hydrogen-bond donors (Lipinski definition) is 1. The summed E-state index contributed by atoms with van der Waals surface area (Å²) in [5.74, 6) is -1.14. The van der Waals surface area contributed by atoms with Crippen molar-refractivity contribution in [2.45, 2.75) is 49.7 Å². The molecule has 0 radical (unpaired) electrons. The Bertz CT molecular complexity index is 1140. The Morgan fingerprint density at radius 3 is 2.38 bits per heavy atom. The lowest BCUT2D eigenvalue weighted by Crippen LogP contribution is -2.42. The minimum absolute atomic E-state index is 0.0133. The zero-order chi connectivity index (χ0) is 24.9. The fourth-order valence-electron chi connectivity index (χ4n) is 4.22. The van der Waals surface area contributed by atoms with Gasteiger partial charge in [0.15, 0.2) is 0 Å². The second-order valence-electron chi connectivity index (χ2n) is 8.15. The number of benzene rings is 2. The highest BCUT2D eigenvalue weighted by Crippen LogP contribution is 2.50. The maximum Gasteiger partial charge on any atom is 0.435 e. The topological polar surface area (TPSA) is 50.7 Å². The molecule has 0 fully saturated rings. The fourth-order valence-corrected chi connectivity index (χ4v) is 4.75. The monoisotopic (exact) mass is 524 g/mol. The molecule has 182 valence electrons. The summed E-state index contributed by atoms with van der Waals surface area (Å²) >= 11 is 11.8. The van der Waals surface area contributed by atoms with Gasteiger partial charge < -0.3 is 10.2 Å². The van der Waals surface area contributed by atoms with Gasteiger partial charge in [-0.05, 0) is 53.8 Å². The van der Waals surface area contributed by atoms with Gasteiger partial charge in [0.05, 0.1) is 11.8 Å². The van der Waals surface area contributed by atoms with E-state index in [2.05, 4.69) is 10.5 Å². The zero-order valence-electron chi connectivity index (χ0n) is 17.2. The van der Waals surface area contributed by atoms with Gasteiger partial charge >= 0.3 is 12.4 Å². The molecule has 1 aliphatic heterocycles. The van der Waals surface area contributed by atoms with Crippen molar-refractivity contribution in [1.29, 1.82) is 0 Å². The van der Waals surface area contributed by atoms with Crippen molar-refractivity contribution in [3.63, 3.8) is 0 Å². The molecule has 34 heavy (non-hydrogen) atoms. The number of hydrogen-bond acceptors (Lipinski definition) is 3. The lowest BCUT2D eigenvalue weighted by Gasteiger charge is -2.29. The minimum Gasteiger partial charge on any atom is -0.374 e. The van der Waals surface area contributed by atoms with Gasteiger partial charge in [0.25, 0.3) is 5.60 Å². The third-order valence-electron chi connectivity index (χ3n) is 5.77. The first-order valence-corrected chi connectivity index (χ1v) is 10.8. The van der Waals surface area contributed by atoms with E-state index in [4.69, 9.17) is 28.0 Å². The lowest BCUT2D eigenvalue weighted by molar-refractivity contribution is -0.275. The molecule has 1 heterocycles. The molecule has 12 heteroatoms. The maximum atomic E-state index is 14.2. The molecule has 2 unspecified atom stereocenters. The molecule has 1 N–H and O–H groups in total. The van der Waals surface area contributed by atoms with Gasteiger partial charge in [0.2, 0.25) is 5.91 Å². The number of alkyl halides is 6. The highest BCUT2D eigenvalue weighted by atomic mass is 35.5. The molecule has 2 aliphatic rings. The van der Waals surface area contributed by atoms with Crippen molar-refractivity contribution in [2.24, 2.45) is 5.16 Å². The van der Waals surface area contributed by atoms with Crippen LogP contribution in [0.4, 0.5) is 26.3 Å². The lowest BCUT2D eigenvalue weighted by atomic mass is 9.86. The maximum absolute atomic E-state index is 14.2. The van der Waals surface area contributed by atoms with E-state index in [-0.39, 0.29) is 21.3 Å². The minimum atomic E-state index is -4.84. The SMILES string of the molecule is O=C(CC(F)(F)F)NC1CCc2cc(C3=NOC(c4cc(Cl)cc(Cl)c4)(C(F)(F)F)C3)ccc21.